The Bertz CT molecular complexity index is 1460. The Morgan fingerprint density at radius 2 is 1.56 bits per heavy atom. The maximum Gasteiger partial charge on any atom is 0.274 e. The number of pyridine rings is 1. The fraction of sp³-hybridized carbons (Fsp3) is 0.0741. The van der Waals surface area contributed by atoms with Gasteiger partial charge in [-0.15, -0.1) is 0 Å². The molecule has 34 heavy (non-hydrogen) atoms. The second-order valence-electron chi connectivity index (χ2n) is 7.92. The van der Waals surface area contributed by atoms with Gasteiger partial charge in [-0.1, -0.05) is 42.5 Å². The van der Waals surface area contributed by atoms with Gasteiger partial charge in [-0.05, 0) is 67.0 Å². The Kier molecular flexibility index (Phi) is 5.93. The summed E-state index contributed by atoms with van der Waals surface area (Å²) in [7, 11) is 0. The van der Waals surface area contributed by atoms with Crippen molar-refractivity contribution >= 4 is 56.4 Å². The summed E-state index contributed by atoms with van der Waals surface area (Å²) in [6, 6.07) is 26.7. The molecule has 3 aromatic carbocycles. The Morgan fingerprint density at radius 3 is 2.32 bits per heavy atom. The number of anilines is 2. The van der Waals surface area contributed by atoms with Crippen molar-refractivity contribution in [3.63, 3.8) is 0 Å². The van der Waals surface area contributed by atoms with Gasteiger partial charge in [0.15, 0.2) is 5.11 Å². The van der Waals surface area contributed by atoms with Crippen molar-refractivity contribution < 1.29 is 9.21 Å². The van der Waals surface area contributed by atoms with Crippen molar-refractivity contribution in [2.45, 2.75) is 13.0 Å². The molecule has 0 saturated carbocycles. The molecule has 0 radical (unpaired) electrons. The number of benzene rings is 3. The van der Waals surface area contributed by atoms with Crippen LogP contribution in [0.5, 0.6) is 0 Å². The molecular formula is C27H22N4O2S. The third-order valence-corrected chi connectivity index (χ3v) is 5.73. The van der Waals surface area contributed by atoms with E-state index in [2.05, 4.69) is 20.9 Å². The van der Waals surface area contributed by atoms with Crippen LogP contribution in [0.4, 0.5) is 11.4 Å². The fourth-order valence-corrected chi connectivity index (χ4v) is 4.07. The van der Waals surface area contributed by atoms with Crippen LogP contribution >= 0.6 is 12.2 Å². The molecule has 0 bridgehead atoms. The molecule has 0 aliphatic carbocycles. The SMILES string of the molecule is CC(NC(=S)Nc1ccc(NC(=O)c2nccc3ccccc23)cc1)c1cc2ccccc2o1. The van der Waals surface area contributed by atoms with Gasteiger partial charge in [0.25, 0.3) is 5.91 Å². The smallest absolute Gasteiger partial charge is 0.274 e. The van der Waals surface area contributed by atoms with Crippen LogP contribution in [0.15, 0.2) is 95.5 Å². The van der Waals surface area contributed by atoms with E-state index in [1.165, 1.54) is 0 Å². The first-order valence-electron chi connectivity index (χ1n) is 10.9. The number of aromatic nitrogens is 1. The van der Waals surface area contributed by atoms with Crippen LogP contribution in [0.25, 0.3) is 21.7 Å². The molecule has 6 nitrogen and oxygen atoms in total. The lowest BCUT2D eigenvalue weighted by Crippen LogP contribution is -2.30. The number of amides is 1. The molecule has 0 fully saturated rings. The van der Waals surface area contributed by atoms with E-state index in [9.17, 15) is 4.79 Å². The molecule has 168 valence electrons. The van der Waals surface area contributed by atoms with Crippen molar-refractivity contribution in [1.82, 2.24) is 10.3 Å². The molecule has 0 aliphatic rings. The zero-order valence-electron chi connectivity index (χ0n) is 18.4. The van der Waals surface area contributed by atoms with E-state index in [-0.39, 0.29) is 11.9 Å². The van der Waals surface area contributed by atoms with Gasteiger partial charge in [0.2, 0.25) is 0 Å². The molecule has 0 aliphatic heterocycles. The predicted molar refractivity (Wildman–Crippen MR) is 140 cm³/mol. The lowest BCUT2D eigenvalue weighted by molar-refractivity contribution is 0.102. The second-order valence-corrected chi connectivity index (χ2v) is 8.33. The van der Waals surface area contributed by atoms with E-state index >= 15 is 0 Å². The fourth-order valence-electron chi connectivity index (χ4n) is 3.78. The molecular weight excluding hydrogens is 444 g/mol. The first-order chi connectivity index (χ1) is 16.6. The molecule has 2 heterocycles. The van der Waals surface area contributed by atoms with Gasteiger partial charge in [-0.2, -0.15) is 0 Å². The number of carbonyl (C=O) groups excluding carboxylic acids is 1. The van der Waals surface area contributed by atoms with Crippen molar-refractivity contribution in [2.24, 2.45) is 0 Å². The summed E-state index contributed by atoms with van der Waals surface area (Å²) in [4.78, 5) is 17.1. The molecule has 3 N–H and O–H groups in total. The summed E-state index contributed by atoms with van der Waals surface area (Å²) in [5.41, 5.74) is 2.71. The van der Waals surface area contributed by atoms with Crippen LogP contribution in [0.1, 0.15) is 29.2 Å². The number of furan rings is 1. The standard InChI is InChI=1S/C27H22N4O2S/c1-17(24-16-19-7-3-5-9-23(19)33-24)29-27(34)31-21-12-10-20(11-13-21)30-26(32)25-22-8-4-2-6-18(22)14-15-28-25/h2-17H,1H3,(H,30,32)(H2,29,31,34). The number of nitrogens with one attached hydrogen (secondary N) is 3. The maximum atomic E-state index is 12.8. The number of thiocarbonyl (C=S) groups is 1. The predicted octanol–water partition coefficient (Wildman–Crippen LogP) is 6.28. The Labute approximate surface area is 202 Å². The molecule has 7 heteroatoms. The summed E-state index contributed by atoms with van der Waals surface area (Å²) < 4.78 is 5.90. The van der Waals surface area contributed by atoms with Crippen LogP contribution in [0, 0.1) is 0 Å². The Hall–Kier alpha value is -4.23. The highest BCUT2D eigenvalue weighted by atomic mass is 32.1. The van der Waals surface area contributed by atoms with Crippen molar-refractivity contribution in [3.05, 3.63) is 103 Å². The summed E-state index contributed by atoms with van der Waals surface area (Å²) in [6.45, 7) is 1.99. The average molecular weight is 467 g/mol. The molecule has 0 saturated heterocycles. The third-order valence-electron chi connectivity index (χ3n) is 5.51. The minimum Gasteiger partial charge on any atom is -0.459 e. The largest absolute Gasteiger partial charge is 0.459 e. The molecule has 2 aromatic heterocycles. The summed E-state index contributed by atoms with van der Waals surface area (Å²) in [6.07, 6.45) is 1.64. The van der Waals surface area contributed by atoms with Gasteiger partial charge in [-0.3, -0.25) is 9.78 Å². The average Bonchev–Trinajstić information content (AvgIpc) is 3.29. The van der Waals surface area contributed by atoms with Crippen LogP contribution < -0.4 is 16.0 Å². The number of carbonyl (C=O) groups is 1. The molecule has 1 unspecified atom stereocenters. The Morgan fingerprint density at radius 1 is 0.882 bits per heavy atom. The van der Waals surface area contributed by atoms with Gasteiger partial charge >= 0.3 is 0 Å². The van der Waals surface area contributed by atoms with Gasteiger partial charge in [0, 0.05) is 28.3 Å². The van der Waals surface area contributed by atoms with Gasteiger partial charge in [0.1, 0.15) is 17.0 Å². The molecule has 0 spiro atoms. The van der Waals surface area contributed by atoms with Crippen molar-refractivity contribution in [1.29, 1.82) is 0 Å². The molecule has 5 rings (SSSR count). The summed E-state index contributed by atoms with van der Waals surface area (Å²) >= 11 is 5.46. The van der Waals surface area contributed by atoms with Gasteiger partial charge in [0.05, 0.1) is 6.04 Å². The summed E-state index contributed by atoms with van der Waals surface area (Å²) in [5.74, 6) is 0.555. The van der Waals surface area contributed by atoms with Crippen molar-refractivity contribution in [2.75, 3.05) is 10.6 Å². The lowest BCUT2D eigenvalue weighted by atomic mass is 10.1. The van der Waals surface area contributed by atoms with Crippen LogP contribution in [0.2, 0.25) is 0 Å². The van der Waals surface area contributed by atoms with E-state index in [4.69, 9.17) is 16.6 Å². The summed E-state index contributed by atoms with van der Waals surface area (Å²) in [5, 5.41) is 12.6. The van der Waals surface area contributed by atoms with E-state index in [1.54, 1.807) is 6.20 Å². The monoisotopic (exact) mass is 466 g/mol. The molecule has 5 aromatic rings. The zero-order chi connectivity index (χ0) is 23.5. The number of fused-ring (bicyclic) bond motifs is 2. The first kappa shape index (κ1) is 21.6. The minimum absolute atomic E-state index is 0.0980. The highest BCUT2D eigenvalue weighted by molar-refractivity contribution is 7.80. The first-order valence-corrected chi connectivity index (χ1v) is 11.3. The van der Waals surface area contributed by atoms with Crippen molar-refractivity contribution in [3.8, 4) is 0 Å². The molecule has 1 atom stereocenters. The number of hydrogen-bond acceptors (Lipinski definition) is 4. The van der Waals surface area contributed by atoms with E-state index < -0.39 is 0 Å². The van der Waals surface area contributed by atoms with E-state index in [0.717, 1.165) is 33.2 Å². The second kappa shape index (κ2) is 9.33. The molecule has 1 amide bonds. The topological polar surface area (TPSA) is 79.2 Å². The maximum absolute atomic E-state index is 12.8. The zero-order valence-corrected chi connectivity index (χ0v) is 19.2. The van der Waals surface area contributed by atoms with Crippen LogP contribution in [0.3, 0.4) is 0 Å². The minimum atomic E-state index is -0.255. The number of rotatable bonds is 5. The van der Waals surface area contributed by atoms with Crippen LogP contribution in [-0.2, 0) is 0 Å². The van der Waals surface area contributed by atoms with E-state index in [1.807, 2.05) is 91.9 Å². The van der Waals surface area contributed by atoms with Gasteiger partial charge in [-0.25, -0.2) is 0 Å². The van der Waals surface area contributed by atoms with E-state index in [0.29, 0.717) is 16.5 Å². The number of hydrogen-bond donors (Lipinski definition) is 3. The number of nitrogens with zero attached hydrogens (tertiary/aromatic N) is 1. The van der Waals surface area contributed by atoms with Crippen LogP contribution in [-0.4, -0.2) is 16.0 Å². The highest BCUT2D eigenvalue weighted by Gasteiger charge is 2.14. The number of para-hydroxylation sites is 1. The van der Waals surface area contributed by atoms with Gasteiger partial charge < -0.3 is 20.4 Å². The lowest BCUT2D eigenvalue weighted by Gasteiger charge is -2.15. The Balaban J connectivity index is 1.21. The third kappa shape index (κ3) is 4.60. The quantitative estimate of drug-likeness (QED) is 0.265. The normalized spacial score (nSPS) is 11.8. The highest BCUT2D eigenvalue weighted by Crippen LogP contribution is 2.24.